The number of hydrogen-bond donors (Lipinski definition) is 2. The molecule has 4 aromatic rings. The van der Waals surface area contributed by atoms with Crippen LogP contribution in [-0.2, 0) is 0 Å². The number of para-hydroxylation sites is 1. The first-order valence-corrected chi connectivity index (χ1v) is 9.54. The lowest BCUT2D eigenvalue weighted by atomic mass is 10.1. The zero-order valence-corrected chi connectivity index (χ0v) is 16.6. The van der Waals surface area contributed by atoms with Crippen LogP contribution < -0.4 is 5.43 Å². The Morgan fingerprint density at radius 3 is 2.44 bits per heavy atom. The number of amides is 1. The molecule has 2 N–H and O–H groups in total. The molecule has 3 aromatic carbocycles. The normalized spacial score (nSPS) is 10.9. The number of phenols is 1. The molecular weight excluding hydrogens is 410 g/mol. The molecule has 32 heavy (non-hydrogen) atoms. The monoisotopic (exact) mass is 427 g/mol. The summed E-state index contributed by atoms with van der Waals surface area (Å²) in [4.78, 5) is 23.2. The zero-order valence-electron chi connectivity index (χ0n) is 16.6. The van der Waals surface area contributed by atoms with Crippen molar-refractivity contribution in [1.29, 1.82) is 0 Å². The molecule has 0 saturated carbocycles. The van der Waals surface area contributed by atoms with Crippen molar-refractivity contribution in [1.82, 2.24) is 15.2 Å². The summed E-state index contributed by atoms with van der Waals surface area (Å²) in [5, 5.41) is 29.2. The predicted octanol–water partition coefficient (Wildman–Crippen LogP) is 3.92. The number of carbonyl (C=O) groups is 1. The highest BCUT2D eigenvalue weighted by Crippen LogP contribution is 2.24. The van der Waals surface area contributed by atoms with Crippen molar-refractivity contribution < 1.29 is 14.8 Å². The largest absolute Gasteiger partial charge is 0.507 e. The second-order valence-electron chi connectivity index (χ2n) is 6.74. The Kier molecular flexibility index (Phi) is 5.71. The topological polar surface area (TPSA) is 123 Å². The third-order valence-electron chi connectivity index (χ3n) is 4.62. The number of rotatable bonds is 6. The lowest BCUT2D eigenvalue weighted by Crippen LogP contribution is -2.18. The van der Waals surface area contributed by atoms with E-state index in [-0.39, 0.29) is 17.0 Å². The lowest BCUT2D eigenvalue weighted by Gasteiger charge is -2.02. The van der Waals surface area contributed by atoms with Crippen molar-refractivity contribution in [3.05, 3.63) is 106 Å². The summed E-state index contributed by atoms with van der Waals surface area (Å²) in [6, 6.07) is 22.1. The number of nitrogens with one attached hydrogen (secondary N) is 1. The Morgan fingerprint density at radius 1 is 1.06 bits per heavy atom. The number of carbonyl (C=O) groups excluding carboxylic acids is 1. The van der Waals surface area contributed by atoms with Gasteiger partial charge in [-0.15, -0.1) is 0 Å². The summed E-state index contributed by atoms with van der Waals surface area (Å²) >= 11 is 0. The van der Waals surface area contributed by atoms with E-state index in [9.17, 15) is 20.0 Å². The highest BCUT2D eigenvalue weighted by atomic mass is 16.6. The molecule has 1 aromatic heterocycles. The van der Waals surface area contributed by atoms with Crippen molar-refractivity contribution in [3.8, 4) is 22.7 Å². The van der Waals surface area contributed by atoms with Crippen molar-refractivity contribution in [2.24, 2.45) is 5.10 Å². The van der Waals surface area contributed by atoms with Gasteiger partial charge in [0.05, 0.1) is 22.4 Å². The van der Waals surface area contributed by atoms with Crippen LogP contribution in [0.5, 0.6) is 5.75 Å². The second-order valence-corrected chi connectivity index (χ2v) is 6.74. The van der Waals surface area contributed by atoms with Crippen LogP contribution >= 0.6 is 0 Å². The summed E-state index contributed by atoms with van der Waals surface area (Å²) < 4.78 is 1.60. The van der Waals surface area contributed by atoms with Crippen LogP contribution in [0.1, 0.15) is 15.9 Å². The van der Waals surface area contributed by atoms with E-state index in [0.717, 1.165) is 23.5 Å². The highest BCUT2D eigenvalue weighted by molar-refractivity contribution is 6.00. The molecule has 0 aliphatic heterocycles. The van der Waals surface area contributed by atoms with Crippen LogP contribution in [0.25, 0.3) is 16.9 Å². The molecule has 0 aliphatic carbocycles. The van der Waals surface area contributed by atoms with E-state index >= 15 is 0 Å². The molecule has 0 bridgehead atoms. The Labute approximate surface area is 182 Å². The first-order chi connectivity index (χ1) is 15.5. The third kappa shape index (κ3) is 4.36. The second kappa shape index (κ2) is 8.92. The minimum atomic E-state index is -0.584. The molecule has 1 amide bonds. The molecule has 0 aliphatic rings. The standard InChI is InChI=1S/C23H17N5O4/c29-21-12-11-19(28(31)32)13-17(21)14-24-25-23(30)20-15-27(18-9-5-2-6-10-18)26-22(20)16-7-3-1-4-8-16/h1-15,29H,(H,25,30)/b24-14+. The van der Waals surface area contributed by atoms with Crippen LogP contribution in [0.3, 0.4) is 0 Å². The van der Waals surface area contributed by atoms with Crippen LogP contribution in [0.2, 0.25) is 0 Å². The summed E-state index contributed by atoms with van der Waals surface area (Å²) in [6.07, 6.45) is 2.75. The SMILES string of the molecule is O=C(N/N=C/c1cc([N+](=O)[O-])ccc1O)c1cn(-c2ccccc2)nc1-c1ccccc1. The number of hydrogen-bond acceptors (Lipinski definition) is 6. The maximum Gasteiger partial charge on any atom is 0.275 e. The van der Waals surface area contributed by atoms with E-state index < -0.39 is 10.8 Å². The van der Waals surface area contributed by atoms with Crippen molar-refractivity contribution in [2.45, 2.75) is 0 Å². The first-order valence-electron chi connectivity index (χ1n) is 9.54. The number of nitrogens with zero attached hydrogens (tertiary/aromatic N) is 4. The fourth-order valence-electron chi connectivity index (χ4n) is 3.04. The van der Waals surface area contributed by atoms with E-state index in [1.165, 1.54) is 12.1 Å². The van der Waals surface area contributed by atoms with Crippen molar-refractivity contribution in [2.75, 3.05) is 0 Å². The summed E-state index contributed by atoms with van der Waals surface area (Å²) in [6.45, 7) is 0. The maximum atomic E-state index is 12.9. The fraction of sp³-hybridized carbons (Fsp3) is 0. The smallest absolute Gasteiger partial charge is 0.275 e. The number of aromatic nitrogens is 2. The number of nitro groups is 1. The molecule has 9 heteroatoms. The molecule has 0 atom stereocenters. The van der Waals surface area contributed by atoms with E-state index in [0.29, 0.717) is 11.3 Å². The zero-order chi connectivity index (χ0) is 22.5. The molecular formula is C23H17N5O4. The van der Waals surface area contributed by atoms with Crippen molar-refractivity contribution >= 4 is 17.8 Å². The van der Waals surface area contributed by atoms with E-state index in [1.807, 2.05) is 60.7 Å². The molecule has 0 unspecified atom stereocenters. The van der Waals surface area contributed by atoms with Gasteiger partial charge in [-0.3, -0.25) is 14.9 Å². The third-order valence-corrected chi connectivity index (χ3v) is 4.62. The molecule has 0 spiro atoms. The van der Waals surface area contributed by atoms with Gasteiger partial charge in [0, 0.05) is 29.5 Å². The average molecular weight is 427 g/mol. The molecule has 1 heterocycles. The van der Waals surface area contributed by atoms with Gasteiger partial charge in [0.1, 0.15) is 11.4 Å². The maximum absolute atomic E-state index is 12.9. The quantitative estimate of drug-likeness (QED) is 0.274. The summed E-state index contributed by atoms with van der Waals surface area (Å²) in [5.41, 5.74) is 4.60. The van der Waals surface area contributed by atoms with Gasteiger partial charge in [0.2, 0.25) is 0 Å². The first kappa shape index (κ1) is 20.5. The summed E-state index contributed by atoms with van der Waals surface area (Å²) in [5.74, 6) is -0.720. The number of phenolic OH excluding ortho intramolecular Hbond substituents is 1. The van der Waals surface area contributed by atoms with Gasteiger partial charge in [0.15, 0.2) is 0 Å². The van der Waals surface area contributed by atoms with E-state index in [1.54, 1.807) is 10.9 Å². The molecule has 0 fully saturated rings. The van der Waals surface area contributed by atoms with Crippen LogP contribution in [-0.4, -0.2) is 31.9 Å². The number of benzene rings is 3. The van der Waals surface area contributed by atoms with Gasteiger partial charge in [-0.05, 0) is 18.2 Å². The van der Waals surface area contributed by atoms with Crippen molar-refractivity contribution in [3.63, 3.8) is 0 Å². The minimum absolute atomic E-state index is 0.0998. The Balaban J connectivity index is 1.63. The van der Waals surface area contributed by atoms with E-state index in [4.69, 9.17) is 0 Å². The van der Waals surface area contributed by atoms with Gasteiger partial charge in [-0.1, -0.05) is 48.5 Å². The lowest BCUT2D eigenvalue weighted by molar-refractivity contribution is -0.384. The average Bonchev–Trinajstić information content (AvgIpc) is 3.27. The van der Waals surface area contributed by atoms with Crippen LogP contribution in [0, 0.1) is 10.1 Å². The van der Waals surface area contributed by atoms with Gasteiger partial charge in [-0.25, -0.2) is 10.1 Å². The Morgan fingerprint density at radius 2 is 1.75 bits per heavy atom. The molecule has 0 radical (unpaired) electrons. The highest BCUT2D eigenvalue weighted by Gasteiger charge is 2.18. The Bertz CT molecular complexity index is 1300. The van der Waals surface area contributed by atoms with Crippen LogP contribution in [0.15, 0.2) is 90.2 Å². The number of hydrazone groups is 1. The molecule has 0 saturated heterocycles. The number of nitro benzene ring substituents is 1. The molecule has 4 rings (SSSR count). The van der Waals surface area contributed by atoms with Gasteiger partial charge >= 0.3 is 0 Å². The predicted molar refractivity (Wildman–Crippen MR) is 119 cm³/mol. The number of non-ortho nitro benzene ring substituents is 1. The van der Waals surface area contributed by atoms with Gasteiger partial charge < -0.3 is 5.11 Å². The minimum Gasteiger partial charge on any atom is -0.507 e. The fourth-order valence-corrected chi connectivity index (χ4v) is 3.04. The molecule has 9 nitrogen and oxygen atoms in total. The molecule has 158 valence electrons. The van der Waals surface area contributed by atoms with Crippen LogP contribution in [0.4, 0.5) is 5.69 Å². The van der Waals surface area contributed by atoms with E-state index in [2.05, 4.69) is 15.6 Å². The Hall–Kier alpha value is -4.79. The van der Waals surface area contributed by atoms with Gasteiger partial charge in [-0.2, -0.15) is 10.2 Å². The van der Waals surface area contributed by atoms with Gasteiger partial charge in [0.25, 0.3) is 11.6 Å². The summed E-state index contributed by atoms with van der Waals surface area (Å²) in [7, 11) is 0. The number of aromatic hydroxyl groups is 1.